The second-order valence-electron chi connectivity index (χ2n) is 9.63. The third-order valence-corrected chi connectivity index (χ3v) is 6.99. The Morgan fingerprint density at radius 1 is 1.05 bits per heavy atom. The van der Waals surface area contributed by atoms with E-state index in [0.717, 1.165) is 0 Å². The first kappa shape index (κ1) is 29.1. The fraction of sp³-hybridized carbons (Fsp3) is 0.810. The van der Waals surface area contributed by atoms with Crippen molar-refractivity contribution in [3.05, 3.63) is 0 Å². The third-order valence-electron chi connectivity index (χ3n) is 5.97. The number of ether oxygens (including phenoxy) is 6. The predicted molar refractivity (Wildman–Crippen MR) is 113 cm³/mol. The molecule has 3 saturated heterocycles. The average Bonchev–Trinajstić information content (AvgIpc) is 3.33. The fourth-order valence-corrected chi connectivity index (χ4v) is 5.06. The van der Waals surface area contributed by atoms with Gasteiger partial charge in [-0.25, -0.2) is 0 Å². The third kappa shape index (κ3) is 5.86. The molecule has 0 aromatic carbocycles. The quantitative estimate of drug-likeness (QED) is 0.163. The topological polar surface area (TPSA) is 178 Å². The summed E-state index contributed by atoms with van der Waals surface area (Å²) in [6.07, 6.45) is -8.40. The Morgan fingerprint density at radius 3 is 2.22 bits per heavy atom. The number of rotatable bonds is 11. The highest BCUT2D eigenvalue weighted by molar-refractivity contribution is 7.86. The zero-order valence-corrected chi connectivity index (χ0v) is 21.4. The van der Waals surface area contributed by atoms with Crippen LogP contribution in [-0.4, -0.2) is 84.5 Å². The van der Waals surface area contributed by atoms with Gasteiger partial charge in [0.25, 0.3) is 0 Å². The van der Waals surface area contributed by atoms with Crippen LogP contribution >= 0.6 is 0 Å². The van der Waals surface area contributed by atoms with Crippen molar-refractivity contribution in [3.63, 3.8) is 0 Å². The summed E-state index contributed by atoms with van der Waals surface area (Å²) in [5, 5.41) is -4.76. The Labute approximate surface area is 210 Å². The van der Waals surface area contributed by atoms with E-state index in [2.05, 4.69) is 4.74 Å². The summed E-state index contributed by atoms with van der Waals surface area (Å²) >= 11 is 0. The molecule has 2 bridgehead atoms. The lowest BCUT2D eigenvalue weighted by molar-refractivity contribution is -0.233. The van der Waals surface area contributed by atoms with E-state index in [4.69, 9.17) is 28.2 Å². The van der Waals surface area contributed by atoms with E-state index in [1.165, 1.54) is 13.8 Å². The number of fused-ring (bicyclic) bond motifs is 1. The number of alkyl halides is 2. The lowest BCUT2D eigenvalue weighted by Crippen LogP contribution is -2.49. The van der Waals surface area contributed by atoms with Crippen LogP contribution in [0.5, 0.6) is 0 Å². The monoisotopic (exact) mass is 558 g/mol. The molecule has 3 heterocycles. The van der Waals surface area contributed by atoms with Crippen molar-refractivity contribution in [2.75, 3.05) is 0 Å². The fourth-order valence-electron chi connectivity index (χ4n) is 4.59. The molecule has 0 aromatic heterocycles. The van der Waals surface area contributed by atoms with Crippen LogP contribution in [0.15, 0.2) is 0 Å². The molecule has 3 aliphatic heterocycles. The molecule has 3 fully saturated rings. The Bertz CT molecular complexity index is 1060. The molecule has 0 aliphatic carbocycles. The van der Waals surface area contributed by atoms with Crippen molar-refractivity contribution in [3.8, 4) is 0 Å². The molecule has 16 heteroatoms. The molecular formula is C21H28F2O13S. The molecule has 3 rings (SSSR count). The maximum atomic E-state index is 13.5. The molecule has 1 N–H and O–H groups in total. The normalized spacial score (nSPS) is 29.7. The van der Waals surface area contributed by atoms with Crippen molar-refractivity contribution in [2.24, 2.45) is 11.8 Å². The van der Waals surface area contributed by atoms with Crippen LogP contribution in [0.1, 0.15) is 47.5 Å². The number of halogens is 2. The molecule has 0 spiro atoms. The summed E-state index contributed by atoms with van der Waals surface area (Å²) in [7, 11) is -5.84. The van der Waals surface area contributed by atoms with Crippen LogP contribution < -0.4 is 0 Å². The van der Waals surface area contributed by atoms with E-state index in [1.54, 1.807) is 13.8 Å². The van der Waals surface area contributed by atoms with Gasteiger partial charge >= 0.3 is 39.2 Å². The molecule has 13 nitrogen and oxygen atoms in total. The summed E-state index contributed by atoms with van der Waals surface area (Å²) in [5.74, 6) is -7.38. The zero-order chi connectivity index (χ0) is 28.1. The van der Waals surface area contributed by atoms with Gasteiger partial charge in [0, 0.05) is 13.8 Å². The first-order valence-electron chi connectivity index (χ1n) is 11.4. The van der Waals surface area contributed by atoms with E-state index >= 15 is 0 Å². The van der Waals surface area contributed by atoms with Crippen LogP contribution in [0.3, 0.4) is 0 Å². The lowest BCUT2D eigenvalue weighted by atomic mass is 9.78. The molecule has 7 atom stereocenters. The van der Waals surface area contributed by atoms with E-state index < -0.39 is 100 Å². The Morgan fingerprint density at radius 2 is 1.65 bits per heavy atom. The highest BCUT2D eigenvalue weighted by Crippen LogP contribution is 2.51. The summed E-state index contributed by atoms with van der Waals surface area (Å²) in [5.41, 5.74) is 0. The molecular weight excluding hydrogens is 530 g/mol. The van der Waals surface area contributed by atoms with Crippen LogP contribution in [-0.2, 0) is 57.7 Å². The number of carbonyl (C=O) groups excluding carboxylic acids is 4. The minimum atomic E-state index is -5.84. The van der Waals surface area contributed by atoms with Crippen molar-refractivity contribution < 1.29 is 69.4 Å². The minimum absolute atomic E-state index is 0.275. The van der Waals surface area contributed by atoms with Crippen molar-refractivity contribution in [2.45, 2.75) is 95.1 Å². The van der Waals surface area contributed by atoms with Gasteiger partial charge in [0.1, 0.15) is 24.0 Å². The molecule has 37 heavy (non-hydrogen) atoms. The SMILES string of the molecule is CC(C)OC(C)(C)OC(=O)C1C2OC3C(OC(=O)C31)C2OC(=O)CCC(=O)OC(C)C(F)(F)S(=O)(=O)O. The standard InChI is InChI=1S/C21H28F2O13S/c1-8(2)35-20(4,5)36-19(27)13-12-14-17(34-18(12)26)16(15(13)33-14)32-11(25)7-6-10(24)31-9(3)21(22,23)37(28,29)30/h8-9,12-17H,6-7H2,1-5H3,(H,28,29,30). The summed E-state index contributed by atoms with van der Waals surface area (Å²) in [6.45, 7) is 7.05. The molecule has 210 valence electrons. The number of hydrogen-bond acceptors (Lipinski definition) is 12. The number of hydrogen-bond donors (Lipinski definition) is 1. The van der Waals surface area contributed by atoms with Crippen LogP contribution in [0.4, 0.5) is 8.78 Å². The van der Waals surface area contributed by atoms with Gasteiger partial charge in [-0.2, -0.15) is 17.2 Å². The van der Waals surface area contributed by atoms with E-state index in [0.29, 0.717) is 6.92 Å². The van der Waals surface area contributed by atoms with Gasteiger partial charge in [-0.15, -0.1) is 0 Å². The van der Waals surface area contributed by atoms with Gasteiger partial charge in [0.15, 0.2) is 18.3 Å². The first-order chi connectivity index (χ1) is 16.9. The largest absolute Gasteiger partial charge is 0.455 e. The predicted octanol–water partition coefficient (Wildman–Crippen LogP) is 0.734. The smallest absolute Gasteiger partial charge is 0.405 e. The molecule has 0 amide bonds. The number of carbonyl (C=O) groups is 4. The zero-order valence-electron chi connectivity index (χ0n) is 20.5. The molecule has 0 radical (unpaired) electrons. The van der Waals surface area contributed by atoms with Crippen molar-refractivity contribution in [1.29, 1.82) is 0 Å². The van der Waals surface area contributed by atoms with Gasteiger partial charge in [0.05, 0.1) is 18.9 Å². The maximum Gasteiger partial charge on any atom is 0.405 e. The highest BCUT2D eigenvalue weighted by Gasteiger charge is 2.72. The van der Waals surface area contributed by atoms with E-state index in [-0.39, 0.29) is 6.10 Å². The Hall–Kier alpha value is -2.43. The van der Waals surface area contributed by atoms with Crippen LogP contribution in [0.25, 0.3) is 0 Å². The van der Waals surface area contributed by atoms with Crippen LogP contribution in [0, 0.1) is 11.8 Å². The van der Waals surface area contributed by atoms with Gasteiger partial charge in [-0.3, -0.25) is 23.7 Å². The van der Waals surface area contributed by atoms with Gasteiger partial charge in [0.2, 0.25) is 5.79 Å². The van der Waals surface area contributed by atoms with Gasteiger partial charge in [-0.05, 0) is 20.8 Å². The van der Waals surface area contributed by atoms with E-state index in [9.17, 15) is 36.4 Å². The Kier molecular flexibility index (Phi) is 7.90. The summed E-state index contributed by atoms with van der Waals surface area (Å²) in [6, 6.07) is 0. The molecule has 3 aliphatic rings. The van der Waals surface area contributed by atoms with Gasteiger partial charge in [-0.1, -0.05) is 0 Å². The molecule has 0 saturated carbocycles. The summed E-state index contributed by atoms with van der Waals surface area (Å²) < 4.78 is 88.6. The Balaban J connectivity index is 1.60. The minimum Gasteiger partial charge on any atom is -0.455 e. The maximum absolute atomic E-state index is 13.5. The average molecular weight is 559 g/mol. The first-order valence-corrected chi connectivity index (χ1v) is 12.8. The lowest BCUT2D eigenvalue weighted by Gasteiger charge is -2.32. The van der Waals surface area contributed by atoms with Gasteiger partial charge < -0.3 is 28.4 Å². The second-order valence-corrected chi connectivity index (χ2v) is 11.1. The number of esters is 4. The van der Waals surface area contributed by atoms with Crippen LogP contribution in [0.2, 0.25) is 0 Å². The van der Waals surface area contributed by atoms with E-state index in [1.807, 2.05) is 0 Å². The highest BCUT2D eigenvalue weighted by atomic mass is 32.2. The molecule has 0 aromatic rings. The van der Waals surface area contributed by atoms with Crippen molar-refractivity contribution >= 4 is 34.0 Å². The second kappa shape index (κ2) is 10.0. The van der Waals surface area contributed by atoms with Crippen molar-refractivity contribution in [1.82, 2.24) is 0 Å². The summed E-state index contributed by atoms with van der Waals surface area (Å²) in [4.78, 5) is 49.5. The molecule has 7 unspecified atom stereocenters.